The Morgan fingerprint density at radius 3 is 2.60 bits per heavy atom. The molecule has 3 aliphatic heterocycles. The fourth-order valence-electron chi connectivity index (χ4n) is 3.92. The van der Waals surface area contributed by atoms with Gasteiger partial charge in [0.05, 0.1) is 5.02 Å². The molecule has 4 heterocycles. The van der Waals surface area contributed by atoms with E-state index in [0.29, 0.717) is 34.2 Å². The fourth-order valence-corrected chi connectivity index (χ4v) is 4.05. The zero-order chi connectivity index (χ0) is 17.4. The molecule has 1 aromatic heterocycles. The van der Waals surface area contributed by atoms with Gasteiger partial charge in [0.2, 0.25) is 0 Å². The maximum absolute atomic E-state index is 12.6. The molecule has 25 heavy (non-hydrogen) atoms. The lowest BCUT2D eigenvalue weighted by Gasteiger charge is -2.49. The Morgan fingerprint density at radius 1 is 1.28 bits per heavy atom. The first-order valence-electron chi connectivity index (χ1n) is 8.67. The van der Waals surface area contributed by atoms with E-state index >= 15 is 0 Å². The van der Waals surface area contributed by atoms with Gasteiger partial charge in [-0.15, -0.1) is 0 Å². The molecule has 3 fully saturated rings. The predicted molar refractivity (Wildman–Crippen MR) is 95.2 cm³/mol. The molecule has 2 unspecified atom stereocenters. The molecule has 1 N–H and O–H groups in total. The number of nitrogens with one attached hydrogen (secondary N) is 1. The van der Waals surface area contributed by atoms with Crippen molar-refractivity contribution in [3.63, 3.8) is 0 Å². The first-order valence-corrected chi connectivity index (χ1v) is 9.05. The Labute approximate surface area is 151 Å². The van der Waals surface area contributed by atoms with Crippen LogP contribution in [0.3, 0.4) is 0 Å². The number of hydrogen-bond donors (Lipinski definition) is 1. The number of rotatable bonds is 4. The Bertz CT molecular complexity index is 748. The van der Waals surface area contributed by atoms with Crippen LogP contribution in [0.5, 0.6) is 11.7 Å². The monoisotopic (exact) mass is 360 g/mol. The average Bonchev–Trinajstić information content (AvgIpc) is 3.04. The molecule has 0 aliphatic carbocycles. The van der Waals surface area contributed by atoms with Gasteiger partial charge in [-0.25, -0.2) is 0 Å². The number of carbonyl (C=O) groups is 1. The van der Waals surface area contributed by atoms with Gasteiger partial charge >= 0.3 is 0 Å². The molecule has 2 atom stereocenters. The average molecular weight is 361 g/mol. The molecule has 1 aromatic carbocycles. The molecular weight excluding hydrogens is 340 g/mol. The number of hydrogen-bond acceptors (Lipinski definition) is 4. The summed E-state index contributed by atoms with van der Waals surface area (Å²) in [5.41, 5.74) is 0.633. The van der Waals surface area contributed by atoms with Crippen LogP contribution in [0.1, 0.15) is 30.1 Å². The van der Waals surface area contributed by atoms with E-state index in [0.717, 1.165) is 13.1 Å². The van der Waals surface area contributed by atoms with Gasteiger partial charge in [-0.05, 0) is 63.0 Å². The van der Waals surface area contributed by atoms with E-state index in [1.54, 1.807) is 30.3 Å². The minimum atomic E-state index is -0.0295. The quantitative estimate of drug-likeness (QED) is 0.897. The van der Waals surface area contributed by atoms with Crippen LogP contribution in [0.2, 0.25) is 5.02 Å². The SMILES string of the molecule is CC1C(NC(=O)c2ccc(Oc3cc(Cl)co3)cc2)C2CCN1CC2. The summed E-state index contributed by atoms with van der Waals surface area (Å²) in [6.07, 6.45) is 3.76. The van der Waals surface area contributed by atoms with E-state index < -0.39 is 0 Å². The fraction of sp³-hybridized carbons (Fsp3) is 0.421. The number of nitrogens with zero attached hydrogens (tertiary/aromatic N) is 1. The van der Waals surface area contributed by atoms with Gasteiger partial charge in [-0.2, -0.15) is 0 Å². The van der Waals surface area contributed by atoms with E-state index in [4.69, 9.17) is 20.8 Å². The largest absolute Gasteiger partial charge is 0.432 e. The van der Waals surface area contributed by atoms with Gasteiger partial charge < -0.3 is 14.5 Å². The van der Waals surface area contributed by atoms with Crippen molar-refractivity contribution in [1.29, 1.82) is 0 Å². The molecular formula is C19H21ClN2O3. The molecule has 0 spiro atoms. The van der Waals surface area contributed by atoms with Gasteiger partial charge in [0.1, 0.15) is 12.0 Å². The second-order valence-electron chi connectivity index (χ2n) is 6.82. The normalized spacial score (nSPS) is 27.9. The number of carbonyl (C=O) groups excluding carboxylic acids is 1. The number of amides is 1. The van der Waals surface area contributed by atoms with Crippen molar-refractivity contribution >= 4 is 17.5 Å². The highest BCUT2D eigenvalue weighted by atomic mass is 35.5. The molecule has 3 aliphatic rings. The van der Waals surface area contributed by atoms with Gasteiger partial charge in [-0.3, -0.25) is 9.69 Å². The van der Waals surface area contributed by atoms with Crippen molar-refractivity contribution in [2.75, 3.05) is 13.1 Å². The van der Waals surface area contributed by atoms with Crippen molar-refractivity contribution in [2.45, 2.75) is 31.8 Å². The lowest BCUT2D eigenvalue weighted by Crippen LogP contribution is -2.62. The number of piperidine rings is 3. The summed E-state index contributed by atoms with van der Waals surface area (Å²) in [5, 5.41) is 3.72. The summed E-state index contributed by atoms with van der Waals surface area (Å²) in [4.78, 5) is 15.1. The number of fused-ring (bicyclic) bond motifs is 3. The van der Waals surface area contributed by atoms with E-state index in [2.05, 4.69) is 17.1 Å². The summed E-state index contributed by atoms with van der Waals surface area (Å²) in [6.45, 7) is 4.52. The third-order valence-electron chi connectivity index (χ3n) is 5.35. The summed E-state index contributed by atoms with van der Waals surface area (Å²) < 4.78 is 10.7. The second kappa shape index (κ2) is 6.73. The molecule has 1 amide bonds. The second-order valence-corrected chi connectivity index (χ2v) is 7.26. The summed E-state index contributed by atoms with van der Waals surface area (Å²) in [5.74, 6) is 1.48. The highest BCUT2D eigenvalue weighted by molar-refractivity contribution is 6.30. The maximum atomic E-state index is 12.6. The number of halogens is 1. The Morgan fingerprint density at radius 2 is 2.00 bits per heavy atom. The number of benzene rings is 1. The topological polar surface area (TPSA) is 54.7 Å². The van der Waals surface area contributed by atoms with Crippen LogP contribution in [0.25, 0.3) is 0 Å². The Balaban J connectivity index is 1.40. The molecule has 0 radical (unpaired) electrons. The highest BCUT2D eigenvalue weighted by Crippen LogP contribution is 2.32. The van der Waals surface area contributed by atoms with Crippen LogP contribution in [0, 0.1) is 5.92 Å². The Kier molecular flexibility index (Phi) is 4.44. The van der Waals surface area contributed by atoms with Crippen molar-refractivity contribution in [3.05, 3.63) is 47.2 Å². The minimum Gasteiger partial charge on any atom is -0.432 e. The van der Waals surface area contributed by atoms with Gasteiger partial charge in [0, 0.05) is 23.7 Å². The summed E-state index contributed by atoms with van der Waals surface area (Å²) in [6, 6.07) is 9.27. The summed E-state index contributed by atoms with van der Waals surface area (Å²) >= 11 is 5.79. The molecule has 2 aromatic rings. The lowest BCUT2D eigenvalue weighted by molar-refractivity contribution is 0.0217. The van der Waals surface area contributed by atoms with Crippen LogP contribution >= 0.6 is 11.6 Å². The van der Waals surface area contributed by atoms with E-state index in [9.17, 15) is 4.79 Å². The molecule has 0 saturated carbocycles. The lowest BCUT2D eigenvalue weighted by atomic mass is 9.79. The third kappa shape index (κ3) is 3.39. The molecule has 2 bridgehead atoms. The predicted octanol–water partition coefficient (Wildman–Crippen LogP) is 3.94. The van der Waals surface area contributed by atoms with E-state index in [1.807, 2.05) is 0 Å². The van der Waals surface area contributed by atoms with Crippen molar-refractivity contribution in [1.82, 2.24) is 10.2 Å². The van der Waals surface area contributed by atoms with Crippen LogP contribution in [-0.4, -0.2) is 36.0 Å². The van der Waals surface area contributed by atoms with Crippen LogP contribution in [-0.2, 0) is 0 Å². The van der Waals surface area contributed by atoms with Crippen molar-refractivity contribution < 1.29 is 13.9 Å². The van der Waals surface area contributed by atoms with Crippen LogP contribution < -0.4 is 10.1 Å². The molecule has 5 nitrogen and oxygen atoms in total. The van der Waals surface area contributed by atoms with Crippen LogP contribution in [0.15, 0.2) is 41.0 Å². The molecule has 5 rings (SSSR count). The minimum absolute atomic E-state index is 0.0295. The van der Waals surface area contributed by atoms with E-state index in [1.165, 1.54) is 19.1 Å². The third-order valence-corrected chi connectivity index (χ3v) is 5.55. The standard InChI is InChI=1S/C19H21ClN2O3/c1-12-18(13-6-8-22(12)9-7-13)21-19(23)14-2-4-16(5-3-14)25-17-10-15(20)11-24-17/h2-5,10-13,18H,6-9H2,1H3,(H,21,23). The number of furan rings is 1. The molecule has 6 heteroatoms. The zero-order valence-electron chi connectivity index (χ0n) is 14.1. The van der Waals surface area contributed by atoms with Crippen LogP contribution in [0.4, 0.5) is 0 Å². The zero-order valence-corrected chi connectivity index (χ0v) is 14.8. The Hall–Kier alpha value is -1.98. The summed E-state index contributed by atoms with van der Waals surface area (Å²) in [7, 11) is 0. The first kappa shape index (κ1) is 16.5. The smallest absolute Gasteiger partial charge is 0.291 e. The number of ether oxygens (including phenoxy) is 1. The maximum Gasteiger partial charge on any atom is 0.291 e. The van der Waals surface area contributed by atoms with Gasteiger partial charge in [-0.1, -0.05) is 11.6 Å². The molecule has 132 valence electrons. The first-order chi connectivity index (χ1) is 12.1. The van der Waals surface area contributed by atoms with Crippen molar-refractivity contribution in [2.24, 2.45) is 5.92 Å². The van der Waals surface area contributed by atoms with Crippen molar-refractivity contribution in [3.8, 4) is 11.7 Å². The van der Waals surface area contributed by atoms with Gasteiger partial charge in [0.25, 0.3) is 11.9 Å². The highest BCUT2D eigenvalue weighted by Gasteiger charge is 2.40. The molecule has 3 saturated heterocycles. The van der Waals surface area contributed by atoms with E-state index in [-0.39, 0.29) is 11.9 Å². The van der Waals surface area contributed by atoms with Gasteiger partial charge in [0.15, 0.2) is 0 Å².